The van der Waals surface area contributed by atoms with Crippen molar-refractivity contribution in [3.05, 3.63) is 65.5 Å². The molecule has 2 aromatic rings. The molecule has 1 aliphatic heterocycles. The fourth-order valence-corrected chi connectivity index (χ4v) is 3.19. The van der Waals surface area contributed by atoms with Gasteiger partial charge in [0.25, 0.3) is 5.91 Å². The highest BCUT2D eigenvalue weighted by Crippen LogP contribution is 2.34. The van der Waals surface area contributed by atoms with E-state index < -0.39 is 29.4 Å². The number of rotatable bonds is 4. The number of hydrogen-bond donors (Lipinski definition) is 2. The smallest absolute Gasteiger partial charge is 0.339 e. The van der Waals surface area contributed by atoms with Gasteiger partial charge in [0.05, 0.1) is 11.3 Å². The van der Waals surface area contributed by atoms with Gasteiger partial charge in [-0.15, -0.1) is 0 Å². The van der Waals surface area contributed by atoms with Crippen LogP contribution in [0.2, 0.25) is 0 Å². The summed E-state index contributed by atoms with van der Waals surface area (Å²) in [5.41, 5.74) is 3.92. The minimum Gasteiger partial charge on any atom is -0.339 e. The summed E-state index contributed by atoms with van der Waals surface area (Å²) in [6, 6.07) is 10.1. The molecule has 0 unspecified atom stereocenters. The van der Waals surface area contributed by atoms with E-state index in [2.05, 4.69) is 10.9 Å². The van der Waals surface area contributed by atoms with Crippen LogP contribution in [0.3, 0.4) is 0 Å². The summed E-state index contributed by atoms with van der Waals surface area (Å²) in [6.07, 6.45) is -3.79. The lowest BCUT2D eigenvalue weighted by atomic mass is 9.95. The van der Waals surface area contributed by atoms with Gasteiger partial charge >= 0.3 is 6.18 Å². The van der Waals surface area contributed by atoms with Crippen LogP contribution in [-0.2, 0) is 11.0 Å². The molecule has 154 valence electrons. The molecule has 1 aliphatic rings. The Labute approximate surface area is 164 Å². The lowest BCUT2D eigenvalue weighted by Crippen LogP contribution is -2.44. The summed E-state index contributed by atoms with van der Waals surface area (Å²) in [4.78, 5) is 26.3. The predicted octanol–water partition coefficient (Wildman–Crippen LogP) is 3.84. The number of nitrogens with zero attached hydrogens (tertiary/aromatic N) is 1. The van der Waals surface area contributed by atoms with Gasteiger partial charge in [0.1, 0.15) is 5.82 Å². The van der Waals surface area contributed by atoms with Crippen molar-refractivity contribution < 1.29 is 27.2 Å². The number of hydrogen-bond acceptors (Lipinski definition) is 3. The summed E-state index contributed by atoms with van der Waals surface area (Å²) in [5, 5.41) is 0. The monoisotopic (exact) mass is 409 g/mol. The van der Waals surface area contributed by atoms with Crippen LogP contribution in [0.15, 0.2) is 48.5 Å². The Kier molecular flexibility index (Phi) is 6.05. The quantitative estimate of drug-likeness (QED) is 0.596. The third kappa shape index (κ3) is 5.04. The average molecular weight is 409 g/mol. The standard InChI is InChI=1S/C20H19F4N3O2/c21-15-7-5-14(6-8-15)19(29)27-11-9-13(10-12-27)18(28)26-25-17-4-2-1-3-16(17)20(22,23)24/h1-8,13,25H,9-12H2,(H,26,28). The first-order chi connectivity index (χ1) is 13.8. The molecule has 2 N–H and O–H groups in total. The summed E-state index contributed by atoms with van der Waals surface area (Å²) in [5.74, 6) is -1.55. The van der Waals surface area contributed by atoms with Crippen molar-refractivity contribution >= 4 is 17.5 Å². The van der Waals surface area contributed by atoms with E-state index in [9.17, 15) is 27.2 Å². The van der Waals surface area contributed by atoms with E-state index >= 15 is 0 Å². The molecule has 2 aromatic carbocycles. The average Bonchev–Trinajstić information content (AvgIpc) is 2.71. The number of benzene rings is 2. The molecule has 0 radical (unpaired) electrons. The minimum atomic E-state index is -4.54. The van der Waals surface area contributed by atoms with Crippen molar-refractivity contribution in [1.29, 1.82) is 0 Å². The van der Waals surface area contributed by atoms with Gasteiger partial charge in [-0.3, -0.25) is 20.4 Å². The van der Waals surface area contributed by atoms with Crippen molar-refractivity contribution in [2.75, 3.05) is 18.5 Å². The largest absolute Gasteiger partial charge is 0.418 e. The Morgan fingerprint density at radius 1 is 0.966 bits per heavy atom. The molecule has 0 atom stereocenters. The number of hydrazine groups is 1. The second-order valence-corrected chi connectivity index (χ2v) is 6.73. The molecule has 2 amide bonds. The third-order valence-corrected chi connectivity index (χ3v) is 4.80. The topological polar surface area (TPSA) is 61.4 Å². The van der Waals surface area contributed by atoms with E-state index in [1.54, 1.807) is 4.90 Å². The number of carbonyl (C=O) groups excluding carboxylic acids is 2. The summed E-state index contributed by atoms with van der Waals surface area (Å²) < 4.78 is 52.0. The van der Waals surface area contributed by atoms with Crippen LogP contribution in [0.25, 0.3) is 0 Å². The molecule has 0 spiro atoms. The molecule has 0 bridgehead atoms. The van der Waals surface area contributed by atoms with Crippen LogP contribution in [0.5, 0.6) is 0 Å². The van der Waals surface area contributed by atoms with Crippen molar-refractivity contribution in [2.45, 2.75) is 19.0 Å². The highest BCUT2D eigenvalue weighted by atomic mass is 19.4. The number of anilines is 1. The van der Waals surface area contributed by atoms with E-state index in [1.165, 1.54) is 42.5 Å². The van der Waals surface area contributed by atoms with Gasteiger partial charge in [0.2, 0.25) is 5.91 Å². The number of amides is 2. The van der Waals surface area contributed by atoms with Gasteiger partial charge in [0, 0.05) is 24.6 Å². The van der Waals surface area contributed by atoms with Gasteiger partial charge in [-0.25, -0.2) is 4.39 Å². The van der Waals surface area contributed by atoms with E-state index in [1.807, 2.05) is 0 Å². The van der Waals surface area contributed by atoms with E-state index in [0.29, 0.717) is 31.5 Å². The molecular weight excluding hydrogens is 390 g/mol. The summed E-state index contributed by atoms with van der Waals surface area (Å²) >= 11 is 0. The normalized spacial score (nSPS) is 15.1. The summed E-state index contributed by atoms with van der Waals surface area (Å²) in [7, 11) is 0. The van der Waals surface area contributed by atoms with Crippen molar-refractivity contribution in [1.82, 2.24) is 10.3 Å². The molecule has 1 fully saturated rings. The zero-order chi connectivity index (χ0) is 21.0. The number of para-hydroxylation sites is 1. The first-order valence-electron chi connectivity index (χ1n) is 9.02. The van der Waals surface area contributed by atoms with E-state index in [0.717, 1.165) is 6.07 Å². The predicted molar refractivity (Wildman–Crippen MR) is 98.2 cm³/mol. The zero-order valence-corrected chi connectivity index (χ0v) is 15.3. The number of halogens is 4. The summed E-state index contributed by atoms with van der Waals surface area (Å²) in [6.45, 7) is 0.654. The van der Waals surface area contributed by atoms with Crippen LogP contribution in [0.1, 0.15) is 28.8 Å². The van der Waals surface area contributed by atoms with E-state index in [-0.39, 0.29) is 11.6 Å². The molecule has 1 saturated heterocycles. The first kappa shape index (κ1) is 20.6. The Morgan fingerprint density at radius 3 is 2.21 bits per heavy atom. The maximum absolute atomic E-state index is 13.0. The van der Waals surface area contributed by atoms with Gasteiger partial charge in [-0.05, 0) is 49.2 Å². The lowest BCUT2D eigenvalue weighted by molar-refractivity contribution is -0.137. The van der Waals surface area contributed by atoms with Crippen molar-refractivity contribution in [3.63, 3.8) is 0 Å². The molecule has 5 nitrogen and oxygen atoms in total. The van der Waals surface area contributed by atoms with Crippen LogP contribution in [0, 0.1) is 11.7 Å². The van der Waals surface area contributed by atoms with Gasteiger partial charge < -0.3 is 4.90 Å². The van der Waals surface area contributed by atoms with Crippen LogP contribution < -0.4 is 10.9 Å². The maximum atomic E-state index is 13.0. The minimum absolute atomic E-state index is 0.239. The zero-order valence-electron chi connectivity index (χ0n) is 15.3. The Bertz CT molecular complexity index is 876. The molecule has 0 aliphatic carbocycles. The number of alkyl halides is 3. The molecule has 0 saturated carbocycles. The lowest BCUT2D eigenvalue weighted by Gasteiger charge is -2.31. The molecule has 3 rings (SSSR count). The Balaban J connectivity index is 1.53. The van der Waals surface area contributed by atoms with Crippen molar-refractivity contribution in [2.24, 2.45) is 5.92 Å². The Morgan fingerprint density at radius 2 is 1.59 bits per heavy atom. The fraction of sp³-hybridized carbons (Fsp3) is 0.300. The van der Waals surface area contributed by atoms with Gasteiger partial charge in [-0.2, -0.15) is 13.2 Å². The first-order valence-corrected chi connectivity index (χ1v) is 9.02. The Hall–Kier alpha value is -3.10. The second-order valence-electron chi connectivity index (χ2n) is 6.73. The fourth-order valence-electron chi connectivity index (χ4n) is 3.19. The molecule has 1 heterocycles. The number of carbonyl (C=O) groups is 2. The number of likely N-dealkylation sites (tertiary alicyclic amines) is 1. The SMILES string of the molecule is O=C(NNc1ccccc1C(F)(F)F)C1CCN(C(=O)c2ccc(F)cc2)CC1. The maximum Gasteiger partial charge on any atom is 0.418 e. The van der Waals surface area contributed by atoms with E-state index in [4.69, 9.17) is 0 Å². The molecule has 29 heavy (non-hydrogen) atoms. The number of piperidine rings is 1. The molecule has 0 aromatic heterocycles. The molecular formula is C20H19F4N3O2. The third-order valence-electron chi connectivity index (χ3n) is 4.80. The second kappa shape index (κ2) is 8.50. The highest BCUT2D eigenvalue weighted by molar-refractivity contribution is 5.94. The van der Waals surface area contributed by atoms with Crippen molar-refractivity contribution in [3.8, 4) is 0 Å². The van der Waals surface area contributed by atoms with Crippen LogP contribution >= 0.6 is 0 Å². The number of nitrogens with one attached hydrogen (secondary N) is 2. The van der Waals surface area contributed by atoms with Gasteiger partial charge in [-0.1, -0.05) is 12.1 Å². The van der Waals surface area contributed by atoms with Gasteiger partial charge in [0.15, 0.2) is 0 Å². The van der Waals surface area contributed by atoms with Crippen LogP contribution in [0.4, 0.5) is 23.2 Å². The molecule has 9 heteroatoms. The highest BCUT2D eigenvalue weighted by Gasteiger charge is 2.33. The van der Waals surface area contributed by atoms with Crippen LogP contribution in [-0.4, -0.2) is 29.8 Å².